The molecule has 0 radical (unpaired) electrons. The lowest BCUT2D eigenvalue weighted by atomic mass is 9.94. The normalized spacial score (nSPS) is 18.3. The van der Waals surface area contributed by atoms with Crippen LogP contribution in [0, 0.1) is 6.92 Å². The second-order valence-electron chi connectivity index (χ2n) is 6.93. The first-order chi connectivity index (χ1) is 14.0. The number of Topliss-reactive ketones (excluding diaryl/α,β-unsaturated/α-hetero) is 1. The number of anilines is 1. The van der Waals surface area contributed by atoms with Gasteiger partial charge in [-0.25, -0.2) is 0 Å². The van der Waals surface area contributed by atoms with Crippen LogP contribution in [0.15, 0.2) is 84.4 Å². The number of hydrogen-bond donors (Lipinski definition) is 1. The fourth-order valence-electron chi connectivity index (χ4n) is 3.61. The number of carbonyl (C=O) groups excluding carboxylic acids is 2. The lowest BCUT2D eigenvalue weighted by Gasteiger charge is -2.25. The van der Waals surface area contributed by atoms with Crippen LogP contribution in [0.2, 0.25) is 5.02 Å². The van der Waals surface area contributed by atoms with Crippen LogP contribution in [-0.4, -0.2) is 16.8 Å². The molecule has 1 N–H and O–H groups in total. The first kappa shape index (κ1) is 19.0. The third-order valence-corrected chi connectivity index (χ3v) is 5.21. The van der Waals surface area contributed by atoms with Gasteiger partial charge in [0.1, 0.15) is 5.76 Å². The van der Waals surface area contributed by atoms with Crippen LogP contribution in [0.4, 0.5) is 5.69 Å². The second-order valence-corrected chi connectivity index (χ2v) is 7.36. The number of amides is 1. The molecule has 1 atom stereocenters. The molecule has 0 aliphatic carbocycles. The van der Waals surface area contributed by atoms with Crippen molar-refractivity contribution in [1.29, 1.82) is 0 Å². The number of aliphatic hydroxyl groups excluding tert-OH is 1. The number of aliphatic hydroxyl groups is 1. The Hall–Kier alpha value is -3.37. The fraction of sp³-hybridized carbons (Fsp3) is 0.0833. The molecule has 144 valence electrons. The van der Waals surface area contributed by atoms with Crippen molar-refractivity contribution in [2.75, 3.05) is 4.90 Å². The van der Waals surface area contributed by atoms with E-state index in [2.05, 4.69) is 0 Å². The Morgan fingerprint density at radius 2 is 1.62 bits per heavy atom. The minimum atomic E-state index is -0.740. The molecule has 0 spiro atoms. The van der Waals surface area contributed by atoms with Crippen molar-refractivity contribution >= 4 is 34.7 Å². The summed E-state index contributed by atoms with van der Waals surface area (Å²) in [5.74, 6) is -1.59. The average molecular weight is 404 g/mol. The van der Waals surface area contributed by atoms with Gasteiger partial charge in [0.05, 0.1) is 11.6 Å². The summed E-state index contributed by atoms with van der Waals surface area (Å²) in [5.41, 5.74) is 2.83. The first-order valence-corrected chi connectivity index (χ1v) is 9.53. The molecule has 1 unspecified atom stereocenters. The summed E-state index contributed by atoms with van der Waals surface area (Å²) >= 11 is 6.00. The van der Waals surface area contributed by atoms with Crippen molar-refractivity contribution in [3.8, 4) is 0 Å². The van der Waals surface area contributed by atoms with E-state index in [0.29, 0.717) is 16.3 Å². The van der Waals surface area contributed by atoms with Crippen molar-refractivity contribution in [2.45, 2.75) is 13.0 Å². The topological polar surface area (TPSA) is 57.6 Å². The van der Waals surface area contributed by atoms with Gasteiger partial charge in [-0.3, -0.25) is 14.5 Å². The summed E-state index contributed by atoms with van der Waals surface area (Å²) in [5, 5.41) is 11.5. The summed E-state index contributed by atoms with van der Waals surface area (Å²) in [6.07, 6.45) is 0. The first-order valence-electron chi connectivity index (χ1n) is 9.16. The Kier molecular flexibility index (Phi) is 4.95. The van der Waals surface area contributed by atoms with Crippen molar-refractivity contribution in [1.82, 2.24) is 0 Å². The maximum absolute atomic E-state index is 13.0. The standard InChI is InChI=1S/C24H18ClNO3/c1-15-6-5-9-17(14-15)21-20(22(27)16-7-3-2-4-8-16)23(28)24(29)26(21)19-12-10-18(25)11-13-19/h2-14,21,27H,1H3/b22-20-. The molecule has 1 amide bonds. The molecule has 0 saturated carbocycles. The van der Waals surface area contributed by atoms with E-state index in [-0.39, 0.29) is 11.3 Å². The van der Waals surface area contributed by atoms with Gasteiger partial charge >= 0.3 is 0 Å². The number of hydrogen-bond acceptors (Lipinski definition) is 3. The zero-order valence-electron chi connectivity index (χ0n) is 15.7. The van der Waals surface area contributed by atoms with Gasteiger partial charge in [-0.1, -0.05) is 71.8 Å². The van der Waals surface area contributed by atoms with Crippen molar-refractivity contribution < 1.29 is 14.7 Å². The van der Waals surface area contributed by atoms with Gasteiger partial charge in [-0.15, -0.1) is 0 Å². The van der Waals surface area contributed by atoms with E-state index in [9.17, 15) is 14.7 Å². The molecule has 3 aromatic carbocycles. The van der Waals surface area contributed by atoms with Crippen LogP contribution >= 0.6 is 11.6 Å². The highest BCUT2D eigenvalue weighted by atomic mass is 35.5. The Balaban J connectivity index is 1.96. The summed E-state index contributed by atoms with van der Waals surface area (Å²) in [4.78, 5) is 27.4. The number of aryl methyl sites for hydroxylation is 1. The van der Waals surface area contributed by atoms with Gasteiger partial charge in [0.15, 0.2) is 0 Å². The van der Waals surface area contributed by atoms with Crippen LogP contribution in [0.3, 0.4) is 0 Å². The fourth-order valence-corrected chi connectivity index (χ4v) is 3.73. The van der Waals surface area contributed by atoms with Crippen molar-refractivity contribution in [2.24, 2.45) is 0 Å². The zero-order valence-corrected chi connectivity index (χ0v) is 16.4. The van der Waals surface area contributed by atoms with Crippen molar-refractivity contribution in [3.63, 3.8) is 0 Å². The van der Waals surface area contributed by atoms with Crippen molar-refractivity contribution in [3.05, 3.63) is 106 Å². The number of ketones is 1. The molecule has 4 nitrogen and oxygen atoms in total. The Morgan fingerprint density at radius 3 is 2.28 bits per heavy atom. The molecule has 0 aromatic heterocycles. The van der Waals surface area contributed by atoms with E-state index in [1.807, 2.05) is 37.3 Å². The van der Waals surface area contributed by atoms with Gasteiger partial charge in [0.2, 0.25) is 0 Å². The van der Waals surface area contributed by atoms with Crippen LogP contribution in [0.25, 0.3) is 5.76 Å². The monoisotopic (exact) mass is 403 g/mol. The summed E-state index contributed by atoms with van der Waals surface area (Å²) < 4.78 is 0. The smallest absolute Gasteiger partial charge is 0.300 e. The van der Waals surface area contributed by atoms with Crippen LogP contribution in [0.5, 0.6) is 0 Å². The SMILES string of the molecule is Cc1cccc(C2/C(=C(/O)c3ccccc3)C(=O)C(=O)N2c2ccc(Cl)cc2)c1. The highest BCUT2D eigenvalue weighted by molar-refractivity contribution is 6.51. The second kappa shape index (κ2) is 7.57. The number of halogens is 1. The van der Waals surface area contributed by atoms with E-state index in [0.717, 1.165) is 11.1 Å². The van der Waals surface area contributed by atoms with E-state index in [4.69, 9.17) is 11.6 Å². The highest BCUT2D eigenvalue weighted by Crippen LogP contribution is 2.42. The molecule has 1 fully saturated rings. The molecule has 1 aliphatic rings. The predicted molar refractivity (Wildman–Crippen MR) is 114 cm³/mol. The lowest BCUT2D eigenvalue weighted by molar-refractivity contribution is -0.132. The van der Waals surface area contributed by atoms with Crippen LogP contribution in [0.1, 0.15) is 22.7 Å². The molecular weight excluding hydrogens is 386 g/mol. The zero-order chi connectivity index (χ0) is 20.5. The van der Waals surface area contributed by atoms with E-state index in [1.165, 1.54) is 4.90 Å². The number of rotatable bonds is 3. The number of nitrogens with zero attached hydrogens (tertiary/aromatic N) is 1. The van der Waals surface area contributed by atoms with Gasteiger partial charge in [0, 0.05) is 16.3 Å². The molecule has 3 aromatic rings. The molecule has 1 aliphatic heterocycles. The lowest BCUT2D eigenvalue weighted by Crippen LogP contribution is -2.29. The van der Waals surface area contributed by atoms with E-state index >= 15 is 0 Å². The molecule has 29 heavy (non-hydrogen) atoms. The van der Waals surface area contributed by atoms with Gasteiger partial charge in [-0.2, -0.15) is 0 Å². The molecule has 1 heterocycles. The van der Waals surface area contributed by atoms with Crippen LogP contribution < -0.4 is 4.90 Å². The average Bonchev–Trinajstić information content (AvgIpc) is 3.00. The Labute approximate surface area is 173 Å². The number of carbonyl (C=O) groups is 2. The minimum Gasteiger partial charge on any atom is -0.507 e. The third-order valence-electron chi connectivity index (χ3n) is 4.95. The third kappa shape index (κ3) is 3.43. The molecular formula is C24H18ClNO3. The van der Waals surface area contributed by atoms with Gasteiger partial charge in [0.25, 0.3) is 11.7 Å². The van der Waals surface area contributed by atoms with Gasteiger partial charge < -0.3 is 5.11 Å². The summed E-state index contributed by atoms with van der Waals surface area (Å²) in [6, 6.07) is 22.3. The predicted octanol–water partition coefficient (Wildman–Crippen LogP) is 5.27. The molecule has 5 heteroatoms. The maximum atomic E-state index is 13.0. The minimum absolute atomic E-state index is 0.0711. The van der Waals surface area contributed by atoms with Gasteiger partial charge in [-0.05, 0) is 36.8 Å². The molecule has 1 saturated heterocycles. The largest absolute Gasteiger partial charge is 0.507 e. The van der Waals surface area contributed by atoms with E-state index in [1.54, 1.807) is 48.5 Å². The van der Waals surface area contributed by atoms with Crippen LogP contribution in [-0.2, 0) is 9.59 Å². The maximum Gasteiger partial charge on any atom is 0.300 e. The van der Waals surface area contributed by atoms with E-state index < -0.39 is 17.7 Å². The molecule has 0 bridgehead atoms. The highest BCUT2D eigenvalue weighted by Gasteiger charge is 2.46. The summed E-state index contributed by atoms with van der Waals surface area (Å²) in [7, 11) is 0. The molecule has 4 rings (SSSR count). The Morgan fingerprint density at radius 1 is 0.931 bits per heavy atom. The Bertz CT molecular complexity index is 1120. The quantitative estimate of drug-likeness (QED) is 0.368. The number of benzene rings is 3. The summed E-state index contributed by atoms with van der Waals surface area (Å²) in [6.45, 7) is 1.94.